The molecule has 0 aliphatic heterocycles. The molecule has 0 spiro atoms. The van der Waals surface area contributed by atoms with Gasteiger partial charge in [-0.15, -0.1) is 0 Å². The Labute approximate surface area is 114 Å². The van der Waals surface area contributed by atoms with E-state index in [1.807, 2.05) is 27.7 Å². The molecule has 0 radical (unpaired) electrons. The van der Waals surface area contributed by atoms with Crippen molar-refractivity contribution in [3.05, 3.63) is 17.6 Å². The lowest BCUT2D eigenvalue weighted by Crippen LogP contribution is -2.29. The van der Waals surface area contributed by atoms with E-state index < -0.39 is 12.0 Å². The molecule has 1 atom stereocenters. The molecule has 0 fully saturated rings. The van der Waals surface area contributed by atoms with E-state index >= 15 is 0 Å². The van der Waals surface area contributed by atoms with E-state index in [1.54, 1.807) is 6.07 Å². The largest absolute Gasteiger partial charge is 0.480 e. The highest BCUT2D eigenvalue weighted by Crippen LogP contribution is 2.15. The normalized spacial score (nSPS) is 12.5. The highest BCUT2D eigenvalue weighted by atomic mass is 16.4. The summed E-state index contributed by atoms with van der Waals surface area (Å²) >= 11 is 0. The van der Waals surface area contributed by atoms with Gasteiger partial charge >= 0.3 is 5.97 Å². The van der Waals surface area contributed by atoms with E-state index in [1.165, 1.54) is 0 Å². The van der Waals surface area contributed by atoms with E-state index in [-0.39, 0.29) is 5.92 Å². The monoisotopic (exact) mass is 265 g/mol. The zero-order valence-corrected chi connectivity index (χ0v) is 12.1. The van der Waals surface area contributed by atoms with Gasteiger partial charge in [0.2, 0.25) is 0 Å². The maximum Gasteiger partial charge on any atom is 0.326 e. The summed E-state index contributed by atoms with van der Waals surface area (Å²) in [5, 5.41) is 12.2. The van der Waals surface area contributed by atoms with Crippen LogP contribution in [0.15, 0.2) is 6.07 Å². The van der Waals surface area contributed by atoms with Crippen molar-refractivity contribution in [3.8, 4) is 0 Å². The zero-order chi connectivity index (χ0) is 14.4. The molecule has 0 aliphatic rings. The smallest absolute Gasteiger partial charge is 0.326 e. The number of aliphatic carboxylic acids is 1. The first-order valence-corrected chi connectivity index (χ1v) is 6.79. The summed E-state index contributed by atoms with van der Waals surface area (Å²) in [6.07, 6.45) is 2.46. The summed E-state index contributed by atoms with van der Waals surface area (Å²) in [7, 11) is 0. The Kier molecular flexibility index (Phi) is 5.73. The number of unbranched alkanes of at least 4 members (excludes halogenated alkanes) is 1. The molecule has 0 aromatic carbocycles. The molecule has 1 aromatic heterocycles. The summed E-state index contributed by atoms with van der Waals surface area (Å²) in [6.45, 7) is 7.97. The van der Waals surface area contributed by atoms with Crippen molar-refractivity contribution in [1.82, 2.24) is 9.97 Å². The van der Waals surface area contributed by atoms with Gasteiger partial charge in [0.05, 0.1) is 0 Å². The molecular weight excluding hydrogens is 242 g/mol. The average molecular weight is 265 g/mol. The molecule has 0 amide bonds. The Morgan fingerprint density at radius 1 is 1.42 bits per heavy atom. The molecule has 106 valence electrons. The molecule has 0 aliphatic carbocycles. The number of carboxylic acids is 1. The van der Waals surface area contributed by atoms with Crippen molar-refractivity contribution < 1.29 is 9.90 Å². The van der Waals surface area contributed by atoms with Crippen LogP contribution in [0.2, 0.25) is 0 Å². The second kappa shape index (κ2) is 7.07. The SMILES string of the molecule is CCCCC(Nc1cc(C)nc(C(C)C)n1)C(=O)O. The van der Waals surface area contributed by atoms with Crippen LogP contribution in [0.5, 0.6) is 0 Å². The summed E-state index contributed by atoms with van der Waals surface area (Å²) in [4.78, 5) is 19.9. The molecule has 1 aromatic rings. The highest BCUT2D eigenvalue weighted by molar-refractivity contribution is 5.76. The van der Waals surface area contributed by atoms with Gasteiger partial charge in [-0.25, -0.2) is 14.8 Å². The van der Waals surface area contributed by atoms with Gasteiger partial charge in [0.15, 0.2) is 0 Å². The van der Waals surface area contributed by atoms with Crippen LogP contribution in [0.1, 0.15) is 57.5 Å². The Hall–Kier alpha value is -1.65. The summed E-state index contributed by atoms with van der Waals surface area (Å²) in [6, 6.07) is 1.20. The van der Waals surface area contributed by atoms with E-state index in [0.717, 1.165) is 24.4 Å². The number of rotatable bonds is 7. The lowest BCUT2D eigenvalue weighted by Gasteiger charge is -2.16. The van der Waals surface area contributed by atoms with Crippen LogP contribution in [-0.2, 0) is 4.79 Å². The van der Waals surface area contributed by atoms with E-state index in [0.29, 0.717) is 12.2 Å². The Balaban J connectivity index is 2.86. The average Bonchev–Trinajstić information content (AvgIpc) is 2.33. The Bertz CT molecular complexity index is 433. The van der Waals surface area contributed by atoms with Crippen LogP contribution in [0.3, 0.4) is 0 Å². The Morgan fingerprint density at radius 2 is 2.11 bits per heavy atom. The molecule has 0 saturated heterocycles. The van der Waals surface area contributed by atoms with Crippen molar-refractivity contribution in [2.45, 2.75) is 58.9 Å². The predicted molar refractivity (Wildman–Crippen MR) is 75.4 cm³/mol. The minimum atomic E-state index is -0.837. The third-order valence-electron chi connectivity index (χ3n) is 2.85. The topological polar surface area (TPSA) is 75.1 Å². The van der Waals surface area contributed by atoms with Gasteiger partial charge in [0, 0.05) is 17.7 Å². The minimum Gasteiger partial charge on any atom is -0.480 e. The molecule has 2 N–H and O–H groups in total. The first-order chi connectivity index (χ1) is 8.93. The molecule has 1 rings (SSSR count). The molecule has 5 heteroatoms. The zero-order valence-electron chi connectivity index (χ0n) is 12.1. The summed E-state index contributed by atoms with van der Waals surface area (Å²) < 4.78 is 0. The summed E-state index contributed by atoms with van der Waals surface area (Å²) in [5.74, 6) is 0.719. The van der Waals surface area contributed by atoms with Crippen molar-refractivity contribution in [3.63, 3.8) is 0 Å². The lowest BCUT2D eigenvalue weighted by molar-refractivity contribution is -0.138. The molecular formula is C14H23N3O2. The highest BCUT2D eigenvalue weighted by Gasteiger charge is 2.17. The fourth-order valence-electron chi connectivity index (χ4n) is 1.77. The van der Waals surface area contributed by atoms with Crippen LogP contribution in [0.25, 0.3) is 0 Å². The number of nitrogens with one attached hydrogen (secondary N) is 1. The first-order valence-electron chi connectivity index (χ1n) is 6.79. The van der Waals surface area contributed by atoms with Gasteiger partial charge < -0.3 is 10.4 Å². The fourth-order valence-corrected chi connectivity index (χ4v) is 1.77. The molecule has 0 bridgehead atoms. The van der Waals surface area contributed by atoms with Gasteiger partial charge in [-0.3, -0.25) is 0 Å². The van der Waals surface area contributed by atoms with Gasteiger partial charge in [-0.1, -0.05) is 33.6 Å². The first kappa shape index (κ1) is 15.4. The number of carbonyl (C=O) groups is 1. The van der Waals surface area contributed by atoms with E-state index in [4.69, 9.17) is 0 Å². The number of aryl methyl sites for hydroxylation is 1. The van der Waals surface area contributed by atoms with Crippen LogP contribution in [0, 0.1) is 6.92 Å². The molecule has 19 heavy (non-hydrogen) atoms. The van der Waals surface area contributed by atoms with Crippen LogP contribution < -0.4 is 5.32 Å². The second-order valence-corrected chi connectivity index (χ2v) is 5.08. The molecule has 5 nitrogen and oxygen atoms in total. The van der Waals surface area contributed by atoms with Crippen molar-refractivity contribution in [2.75, 3.05) is 5.32 Å². The standard InChI is InChI=1S/C14H23N3O2/c1-5-6-7-11(14(18)19)16-12-8-10(4)15-13(17-12)9(2)3/h8-9,11H,5-7H2,1-4H3,(H,18,19)(H,15,16,17). The molecule has 1 unspecified atom stereocenters. The fraction of sp³-hybridized carbons (Fsp3) is 0.643. The Morgan fingerprint density at radius 3 is 2.63 bits per heavy atom. The van der Waals surface area contributed by atoms with Gasteiger partial charge in [0.25, 0.3) is 0 Å². The van der Waals surface area contributed by atoms with E-state index in [9.17, 15) is 9.90 Å². The quantitative estimate of drug-likeness (QED) is 0.792. The van der Waals surface area contributed by atoms with Gasteiger partial charge in [-0.05, 0) is 13.3 Å². The van der Waals surface area contributed by atoms with Crippen LogP contribution in [-0.4, -0.2) is 27.1 Å². The summed E-state index contributed by atoms with van der Waals surface area (Å²) in [5.41, 5.74) is 0.848. The molecule has 0 saturated carbocycles. The van der Waals surface area contributed by atoms with Crippen LogP contribution in [0.4, 0.5) is 5.82 Å². The number of carboxylic acid groups (broad SMARTS) is 1. The predicted octanol–water partition coefficient (Wildman–Crippen LogP) is 2.96. The third kappa shape index (κ3) is 4.85. The van der Waals surface area contributed by atoms with Gasteiger partial charge in [0.1, 0.15) is 17.7 Å². The second-order valence-electron chi connectivity index (χ2n) is 5.08. The minimum absolute atomic E-state index is 0.222. The maximum atomic E-state index is 11.2. The van der Waals surface area contributed by atoms with Crippen LogP contribution >= 0.6 is 0 Å². The van der Waals surface area contributed by atoms with Crippen molar-refractivity contribution in [1.29, 1.82) is 0 Å². The number of hydrogen-bond acceptors (Lipinski definition) is 4. The third-order valence-corrected chi connectivity index (χ3v) is 2.85. The molecule has 1 heterocycles. The van der Waals surface area contributed by atoms with E-state index in [2.05, 4.69) is 15.3 Å². The number of anilines is 1. The van der Waals surface area contributed by atoms with Crippen molar-refractivity contribution in [2.24, 2.45) is 0 Å². The maximum absolute atomic E-state index is 11.2. The lowest BCUT2D eigenvalue weighted by atomic mass is 10.1. The number of aromatic nitrogens is 2. The van der Waals surface area contributed by atoms with Crippen molar-refractivity contribution >= 4 is 11.8 Å². The number of hydrogen-bond donors (Lipinski definition) is 2. The number of nitrogens with zero attached hydrogens (tertiary/aromatic N) is 2. The van der Waals surface area contributed by atoms with Gasteiger partial charge in [-0.2, -0.15) is 0 Å².